The summed E-state index contributed by atoms with van der Waals surface area (Å²) in [4.78, 5) is 8.73. The van der Waals surface area contributed by atoms with Crippen molar-refractivity contribution in [3.05, 3.63) is 41.6 Å². The van der Waals surface area contributed by atoms with Gasteiger partial charge in [-0.1, -0.05) is 55.3 Å². The highest BCUT2D eigenvalue weighted by molar-refractivity contribution is 6.29. The molecule has 1 aromatic carbocycles. The topological polar surface area (TPSA) is 47.0 Å². The fourth-order valence-corrected chi connectivity index (χ4v) is 2.01. The second-order valence-electron chi connectivity index (χ2n) is 4.66. The number of ether oxygens (including phenoxy) is 1. The smallest absolute Gasteiger partial charge is 0.163 e. The molecule has 0 amide bonds. The van der Waals surface area contributed by atoms with Gasteiger partial charge in [-0.15, -0.1) is 0 Å². The summed E-state index contributed by atoms with van der Waals surface area (Å²) in [5.74, 6) is 1.34. The average Bonchev–Trinajstić information content (AvgIpc) is 2.51. The van der Waals surface area contributed by atoms with Gasteiger partial charge < -0.3 is 10.1 Å². The van der Waals surface area contributed by atoms with Crippen LogP contribution in [0.4, 0.5) is 5.82 Å². The number of aromatic nitrogens is 2. The number of nitrogens with one attached hydrogen (secondary N) is 1. The van der Waals surface area contributed by atoms with Gasteiger partial charge in [0.15, 0.2) is 5.82 Å². The van der Waals surface area contributed by atoms with E-state index in [1.54, 1.807) is 6.07 Å². The van der Waals surface area contributed by atoms with Crippen LogP contribution in [0.3, 0.4) is 0 Å². The van der Waals surface area contributed by atoms with E-state index in [1.165, 1.54) is 0 Å². The SMILES string of the molecule is CCCCOCCNc1cc(Cl)nc(-c2ccccc2)n1. The van der Waals surface area contributed by atoms with Crippen LogP contribution >= 0.6 is 11.6 Å². The van der Waals surface area contributed by atoms with Gasteiger partial charge in [0, 0.05) is 24.8 Å². The minimum Gasteiger partial charge on any atom is -0.380 e. The number of hydrogen-bond donors (Lipinski definition) is 1. The Morgan fingerprint density at radius 3 is 2.71 bits per heavy atom. The highest BCUT2D eigenvalue weighted by Gasteiger charge is 2.05. The van der Waals surface area contributed by atoms with Crippen LogP contribution in [0, 0.1) is 0 Å². The first-order valence-electron chi connectivity index (χ1n) is 7.21. The first-order valence-corrected chi connectivity index (χ1v) is 7.59. The van der Waals surface area contributed by atoms with Gasteiger partial charge in [-0.3, -0.25) is 0 Å². The van der Waals surface area contributed by atoms with E-state index in [9.17, 15) is 0 Å². The highest BCUT2D eigenvalue weighted by atomic mass is 35.5. The van der Waals surface area contributed by atoms with Crippen LogP contribution in [-0.2, 0) is 4.74 Å². The minimum atomic E-state index is 0.429. The molecule has 0 saturated carbocycles. The Morgan fingerprint density at radius 2 is 1.95 bits per heavy atom. The van der Waals surface area contributed by atoms with Gasteiger partial charge in [0.25, 0.3) is 0 Å². The number of unbranched alkanes of at least 4 members (excludes halogenated alkanes) is 1. The van der Waals surface area contributed by atoms with Crippen LogP contribution in [-0.4, -0.2) is 29.7 Å². The second-order valence-corrected chi connectivity index (χ2v) is 5.05. The third kappa shape index (κ3) is 5.33. The molecule has 4 nitrogen and oxygen atoms in total. The number of hydrogen-bond acceptors (Lipinski definition) is 4. The van der Waals surface area contributed by atoms with Gasteiger partial charge in [0.1, 0.15) is 11.0 Å². The van der Waals surface area contributed by atoms with Crippen molar-refractivity contribution >= 4 is 17.4 Å². The van der Waals surface area contributed by atoms with Crippen LogP contribution < -0.4 is 5.32 Å². The van der Waals surface area contributed by atoms with Crippen LogP contribution in [0.15, 0.2) is 36.4 Å². The molecular weight excluding hydrogens is 286 g/mol. The van der Waals surface area contributed by atoms with E-state index < -0.39 is 0 Å². The van der Waals surface area contributed by atoms with Crippen molar-refractivity contribution in [3.8, 4) is 11.4 Å². The van der Waals surface area contributed by atoms with E-state index in [2.05, 4.69) is 22.2 Å². The third-order valence-corrected chi connectivity index (χ3v) is 3.12. The lowest BCUT2D eigenvalue weighted by atomic mass is 10.2. The fraction of sp³-hybridized carbons (Fsp3) is 0.375. The van der Waals surface area contributed by atoms with Gasteiger partial charge in [-0.25, -0.2) is 9.97 Å². The molecule has 0 fully saturated rings. The number of anilines is 1. The van der Waals surface area contributed by atoms with Gasteiger partial charge in [-0.2, -0.15) is 0 Å². The van der Waals surface area contributed by atoms with E-state index in [4.69, 9.17) is 16.3 Å². The van der Waals surface area contributed by atoms with Crippen LogP contribution in [0.25, 0.3) is 11.4 Å². The van der Waals surface area contributed by atoms with Crippen molar-refractivity contribution in [3.63, 3.8) is 0 Å². The maximum Gasteiger partial charge on any atom is 0.163 e. The van der Waals surface area contributed by atoms with Gasteiger partial charge in [-0.05, 0) is 6.42 Å². The summed E-state index contributed by atoms with van der Waals surface area (Å²) < 4.78 is 5.50. The summed E-state index contributed by atoms with van der Waals surface area (Å²) in [7, 11) is 0. The zero-order valence-electron chi connectivity index (χ0n) is 12.2. The minimum absolute atomic E-state index is 0.429. The molecule has 1 aromatic heterocycles. The summed E-state index contributed by atoms with van der Waals surface area (Å²) in [5, 5.41) is 3.64. The third-order valence-electron chi connectivity index (χ3n) is 2.92. The molecule has 0 saturated heterocycles. The Balaban J connectivity index is 1.93. The number of halogens is 1. The van der Waals surface area contributed by atoms with Crippen molar-refractivity contribution in [1.29, 1.82) is 0 Å². The number of benzene rings is 1. The fourth-order valence-electron chi connectivity index (χ4n) is 1.82. The Morgan fingerprint density at radius 1 is 1.14 bits per heavy atom. The van der Waals surface area contributed by atoms with Crippen LogP contribution in [0.5, 0.6) is 0 Å². The van der Waals surface area contributed by atoms with Crippen molar-refractivity contribution in [2.75, 3.05) is 25.1 Å². The molecule has 0 aliphatic heterocycles. The molecule has 2 aromatic rings. The monoisotopic (exact) mass is 305 g/mol. The molecule has 112 valence electrons. The summed E-state index contributed by atoms with van der Waals surface area (Å²) in [5.41, 5.74) is 0.947. The Hall–Kier alpha value is -1.65. The Kier molecular flexibility index (Phi) is 6.44. The van der Waals surface area contributed by atoms with E-state index in [0.29, 0.717) is 29.9 Å². The van der Waals surface area contributed by atoms with Crippen molar-refractivity contribution < 1.29 is 4.74 Å². The number of nitrogens with zero attached hydrogens (tertiary/aromatic N) is 2. The largest absolute Gasteiger partial charge is 0.380 e. The molecule has 1 N–H and O–H groups in total. The molecular formula is C16H20ClN3O. The quantitative estimate of drug-likeness (QED) is 0.591. The zero-order chi connectivity index (χ0) is 14.9. The van der Waals surface area contributed by atoms with Crippen molar-refractivity contribution in [1.82, 2.24) is 9.97 Å². The molecule has 0 unspecified atom stereocenters. The molecule has 0 spiro atoms. The summed E-state index contributed by atoms with van der Waals surface area (Å²) in [6, 6.07) is 11.5. The molecule has 5 heteroatoms. The predicted octanol–water partition coefficient (Wildman–Crippen LogP) is 4.03. The van der Waals surface area contributed by atoms with Crippen molar-refractivity contribution in [2.45, 2.75) is 19.8 Å². The molecule has 21 heavy (non-hydrogen) atoms. The first kappa shape index (κ1) is 15.7. The lowest BCUT2D eigenvalue weighted by Crippen LogP contribution is -2.11. The molecule has 2 rings (SSSR count). The second kappa shape index (κ2) is 8.60. The number of rotatable bonds is 8. The Labute approximate surface area is 130 Å². The van der Waals surface area contributed by atoms with Crippen molar-refractivity contribution in [2.24, 2.45) is 0 Å². The Bertz CT molecular complexity index is 548. The molecule has 0 aliphatic carbocycles. The summed E-state index contributed by atoms with van der Waals surface area (Å²) in [6.07, 6.45) is 2.24. The lowest BCUT2D eigenvalue weighted by Gasteiger charge is -2.08. The standard InChI is InChI=1S/C16H20ClN3O/c1-2-3-10-21-11-9-18-15-12-14(17)19-16(20-15)13-7-5-4-6-8-13/h4-8,12H,2-3,9-11H2,1H3,(H,18,19,20). The molecule has 0 radical (unpaired) electrons. The van der Waals surface area contributed by atoms with Crippen LogP contribution in [0.1, 0.15) is 19.8 Å². The summed E-state index contributed by atoms with van der Waals surface area (Å²) in [6.45, 7) is 4.31. The van der Waals surface area contributed by atoms with Gasteiger partial charge in [0.05, 0.1) is 6.61 Å². The van der Waals surface area contributed by atoms with Gasteiger partial charge >= 0.3 is 0 Å². The summed E-state index contributed by atoms with van der Waals surface area (Å²) >= 11 is 6.06. The first-order chi connectivity index (χ1) is 10.3. The van der Waals surface area contributed by atoms with E-state index in [0.717, 1.165) is 25.0 Å². The maximum absolute atomic E-state index is 6.06. The highest BCUT2D eigenvalue weighted by Crippen LogP contribution is 2.19. The normalized spacial score (nSPS) is 10.6. The van der Waals surface area contributed by atoms with E-state index in [-0.39, 0.29) is 0 Å². The molecule has 0 bridgehead atoms. The van der Waals surface area contributed by atoms with Crippen LogP contribution in [0.2, 0.25) is 5.15 Å². The molecule has 1 heterocycles. The molecule has 0 aliphatic rings. The predicted molar refractivity (Wildman–Crippen MR) is 86.7 cm³/mol. The molecule has 0 atom stereocenters. The maximum atomic E-state index is 6.06. The van der Waals surface area contributed by atoms with E-state index in [1.807, 2.05) is 30.3 Å². The average molecular weight is 306 g/mol. The zero-order valence-corrected chi connectivity index (χ0v) is 12.9. The lowest BCUT2D eigenvalue weighted by molar-refractivity contribution is 0.141. The van der Waals surface area contributed by atoms with Gasteiger partial charge in [0.2, 0.25) is 0 Å². The van der Waals surface area contributed by atoms with E-state index >= 15 is 0 Å².